The first-order valence-electron chi connectivity index (χ1n) is 7.83. The molecule has 1 aromatic carbocycles. The molecule has 0 bridgehead atoms. The zero-order chi connectivity index (χ0) is 18.4. The lowest BCUT2D eigenvalue weighted by molar-refractivity contribution is 0.294. The van der Waals surface area contributed by atoms with Gasteiger partial charge in [-0.3, -0.25) is 4.79 Å². The summed E-state index contributed by atoms with van der Waals surface area (Å²) in [6.45, 7) is 2.98. The maximum Gasteiger partial charge on any atom is 0.250 e. The molecular weight excluding hydrogens is 344 g/mol. The SMILES string of the molecule is CCOc1ccc(OCCn2cc(S(=O)(=O)N(C)C)ccc2=O)cc1. The minimum atomic E-state index is -3.58. The van der Waals surface area contributed by atoms with E-state index in [1.807, 2.05) is 6.92 Å². The van der Waals surface area contributed by atoms with Gasteiger partial charge in [0, 0.05) is 26.4 Å². The number of pyridine rings is 1. The largest absolute Gasteiger partial charge is 0.494 e. The molecule has 0 unspecified atom stereocenters. The van der Waals surface area contributed by atoms with Gasteiger partial charge in [0.2, 0.25) is 10.0 Å². The van der Waals surface area contributed by atoms with E-state index in [9.17, 15) is 13.2 Å². The number of nitrogens with zero attached hydrogens (tertiary/aromatic N) is 2. The predicted octanol–water partition coefficient (Wildman–Crippen LogP) is 1.58. The summed E-state index contributed by atoms with van der Waals surface area (Å²) in [5.41, 5.74) is -0.284. The first-order valence-corrected chi connectivity index (χ1v) is 9.27. The second-order valence-corrected chi connectivity index (χ2v) is 7.59. The normalized spacial score (nSPS) is 11.5. The number of rotatable bonds is 8. The van der Waals surface area contributed by atoms with Crippen molar-refractivity contribution in [3.63, 3.8) is 0 Å². The third kappa shape index (κ3) is 4.83. The van der Waals surface area contributed by atoms with Gasteiger partial charge in [-0.1, -0.05) is 0 Å². The van der Waals surface area contributed by atoms with Crippen LogP contribution in [0.2, 0.25) is 0 Å². The van der Waals surface area contributed by atoms with Crippen molar-refractivity contribution in [1.82, 2.24) is 8.87 Å². The Labute approximate surface area is 147 Å². The van der Waals surface area contributed by atoms with Crippen molar-refractivity contribution in [1.29, 1.82) is 0 Å². The Bertz CT molecular complexity index is 857. The summed E-state index contributed by atoms with van der Waals surface area (Å²) < 4.78 is 37.7. The number of aromatic nitrogens is 1. The van der Waals surface area contributed by atoms with Gasteiger partial charge in [0.1, 0.15) is 18.1 Å². The van der Waals surface area contributed by atoms with Crippen molar-refractivity contribution in [3.8, 4) is 11.5 Å². The van der Waals surface area contributed by atoms with Crippen molar-refractivity contribution < 1.29 is 17.9 Å². The lowest BCUT2D eigenvalue weighted by Crippen LogP contribution is -2.27. The second kappa shape index (κ2) is 8.17. The van der Waals surface area contributed by atoms with Crippen molar-refractivity contribution in [2.75, 3.05) is 27.3 Å². The molecule has 136 valence electrons. The number of benzene rings is 1. The van der Waals surface area contributed by atoms with Crippen LogP contribution in [0.5, 0.6) is 11.5 Å². The molecule has 1 heterocycles. The monoisotopic (exact) mass is 366 g/mol. The van der Waals surface area contributed by atoms with Crippen molar-refractivity contribution in [3.05, 3.63) is 52.9 Å². The third-order valence-corrected chi connectivity index (χ3v) is 5.27. The fourth-order valence-corrected chi connectivity index (χ4v) is 3.03. The number of ether oxygens (including phenoxy) is 2. The number of sulfonamides is 1. The van der Waals surface area contributed by atoms with Crippen molar-refractivity contribution >= 4 is 10.0 Å². The lowest BCUT2D eigenvalue weighted by atomic mass is 10.3. The molecule has 0 aliphatic carbocycles. The molecule has 0 fully saturated rings. The Morgan fingerprint density at radius 1 is 1.00 bits per heavy atom. The highest BCUT2D eigenvalue weighted by Gasteiger charge is 2.18. The van der Waals surface area contributed by atoms with E-state index in [2.05, 4.69) is 0 Å². The topological polar surface area (TPSA) is 77.8 Å². The molecule has 1 aromatic heterocycles. The fourth-order valence-electron chi connectivity index (χ4n) is 2.11. The lowest BCUT2D eigenvalue weighted by Gasteiger charge is -2.13. The molecule has 0 N–H and O–H groups in total. The molecule has 0 radical (unpaired) electrons. The first-order chi connectivity index (χ1) is 11.8. The molecule has 7 nitrogen and oxygen atoms in total. The summed E-state index contributed by atoms with van der Waals surface area (Å²) in [4.78, 5) is 12.0. The minimum absolute atomic E-state index is 0.0677. The molecule has 8 heteroatoms. The van der Waals surface area contributed by atoms with Crippen LogP contribution in [0.25, 0.3) is 0 Å². The highest BCUT2D eigenvalue weighted by Crippen LogP contribution is 2.17. The summed E-state index contributed by atoms with van der Waals surface area (Å²) >= 11 is 0. The maximum absolute atomic E-state index is 12.1. The van der Waals surface area contributed by atoms with Crippen LogP contribution < -0.4 is 15.0 Å². The van der Waals surface area contributed by atoms with Crippen molar-refractivity contribution in [2.24, 2.45) is 0 Å². The van der Waals surface area contributed by atoms with Crippen LogP contribution in [-0.2, 0) is 16.6 Å². The summed E-state index contributed by atoms with van der Waals surface area (Å²) in [6, 6.07) is 9.71. The van der Waals surface area contributed by atoms with E-state index in [4.69, 9.17) is 9.47 Å². The van der Waals surface area contributed by atoms with E-state index in [0.717, 1.165) is 10.1 Å². The molecule has 0 atom stereocenters. The first kappa shape index (κ1) is 19.0. The van der Waals surface area contributed by atoms with Gasteiger partial charge in [0.25, 0.3) is 5.56 Å². The van der Waals surface area contributed by atoms with Crippen LogP contribution in [-0.4, -0.2) is 44.6 Å². The Morgan fingerprint density at radius 3 is 2.16 bits per heavy atom. The van der Waals surface area contributed by atoms with E-state index in [1.165, 1.54) is 37.0 Å². The zero-order valence-corrected chi connectivity index (χ0v) is 15.3. The van der Waals surface area contributed by atoms with Crippen LogP contribution in [0.3, 0.4) is 0 Å². The summed E-state index contributed by atoms with van der Waals surface area (Å²) in [6.07, 6.45) is 1.33. The quantitative estimate of drug-likeness (QED) is 0.709. The molecular formula is C17H22N2O5S. The summed E-state index contributed by atoms with van der Waals surface area (Å²) in [7, 11) is -0.696. The van der Waals surface area contributed by atoms with E-state index in [-0.39, 0.29) is 23.6 Å². The van der Waals surface area contributed by atoms with Gasteiger partial charge in [-0.25, -0.2) is 12.7 Å². The van der Waals surface area contributed by atoms with Crippen LogP contribution in [0.4, 0.5) is 0 Å². The Kier molecular flexibility index (Phi) is 6.22. The standard InChI is InChI=1S/C17H22N2O5S/c1-4-23-14-5-7-15(8-6-14)24-12-11-19-13-16(9-10-17(19)20)25(21,22)18(2)3/h5-10,13H,4,11-12H2,1-3H3. The van der Waals surface area contributed by atoms with Gasteiger partial charge >= 0.3 is 0 Å². The van der Waals surface area contributed by atoms with Crippen LogP contribution >= 0.6 is 0 Å². The van der Waals surface area contributed by atoms with Gasteiger partial charge in [-0.2, -0.15) is 0 Å². The average Bonchev–Trinajstić information content (AvgIpc) is 2.58. The molecule has 25 heavy (non-hydrogen) atoms. The van der Waals surface area contributed by atoms with Gasteiger partial charge in [-0.05, 0) is 37.3 Å². The molecule has 0 amide bonds. The van der Waals surface area contributed by atoms with Crippen LogP contribution in [0.1, 0.15) is 6.92 Å². The smallest absolute Gasteiger partial charge is 0.250 e. The van der Waals surface area contributed by atoms with E-state index in [0.29, 0.717) is 12.4 Å². The highest BCUT2D eigenvalue weighted by molar-refractivity contribution is 7.89. The number of hydrogen-bond donors (Lipinski definition) is 0. The minimum Gasteiger partial charge on any atom is -0.494 e. The molecule has 0 spiro atoms. The summed E-state index contributed by atoms with van der Waals surface area (Å²) in [5.74, 6) is 1.40. The van der Waals surface area contributed by atoms with E-state index < -0.39 is 10.0 Å². The Balaban J connectivity index is 2.04. The Hall–Kier alpha value is -2.32. The maximum atomic E-state index is 12.1. The fraction of sp³-hybridized carbons (Fsp3) is 0.353. The molecule has 0 aliphatic heterocycles. The highest BCUT2D eigenvalue weighted by atomic mass is 32.2. The van der Waals surface area contributed by atoms with Crippen LogP contribution in [0, 0.1) is 0 Å². The average molecular weight is 366 g/mol. The van der Waals surface area contributed by atoms with E-state index >= 15 is 0 Å². The summed E-state index contributed by atoms with van der Waals surface area (Å²) in [5, 5.41) is 0. The van der Waals surface area contributed by atoms with Gasteiger partial charge in [-0.15, -0.1) is 0 Å². The van der Waals surface area contributed by atoms with Gasteiger partial charge in [0.05, 0.1) is 18.0 Å². The Morgan fingerprint density at radius 2 is 1.60 bits per heavy atom. The zero-order valence-electron chi connectivity index (χ0n) is 14.5. The molecule has 2 rings (SSSR count). The van der Waals surface area contributed by atoms with Crippen LogP contribution in [0.15, 0.2) is 52.3 Å². The third-order valence-electron chi connectivity index (χ3n) is 3.47. The molecule has 0 aliphatic rings. The molecule has 2 aromatic rings. The molecule has 0 saturated carbocycles. The van der Waals surface area contributed by atoms with E-state index in [1.54, 1.807) is 24.3 Å². The second-order valence-electron chi connectivity index (χ2n) is 5.44. The van der Waals surface area contributed by atoms with Gasteiger partial charge < -0.3 is 14.0 Å². The predicted molar refractivity (Wildman–Crippen MR) is 94.7 cm³/mol. The van der Waals surface area contributed by atoms with Gasteiger partial charge in [0.15, 0.2) is 0 Å². The number of hydrogen-bond acceptors (Lipinski definition) is 5. The van der Waals surface area contributed by atoms with Crippen molar-refractivity contribution in [2.45, 2.75) is 18.4 Å². The molecule has 0 saturated heterocycles.